The van der Waals surface area contributed by atoms with E-state index in [0.29, 0.717) is 5.41 Å². The van der Waals surface area contributed by atoms with E-state index >= 15 is 0 Å². The topological polar surface area (TPSA) is 46.2 Å². The molecule has 66 valence electrons. The summed E-state index contributed by atoms with van der Waals surface area (Å²) in [6.07, 6.45) is 4.65. The van der Waals surface area contributed by atoms with Gasteiger partial charge < -0.3 is 10.8 Å². The Kier molecular flexibility index (Phi) is 2.47. The van der Waals surface area contributed by atoms with Crippen molar-refractivity contribution >= 4 is 12.4 Å². The summed E-state index contributed by atoms with van der Waals surface area (Å²) in [7, 11) is 0. The molecule has 1 atom stereocenters. The molecular formula is C8H16ClNO. The van der Waals surface area contributed by atoms with Gasteiger partial charge in [0.25, 0.3) is 0 Å². The van der Waals surface area contributed by atoms with Crippen LogP contribution in [0, 0.1) is 11.3 Å². The molecule has 0 aliphatic heterocycles. The van der Waals surface area contributed by atoms with E-state index < -0.39 is 0 Å². The average molecular weight is 178 g/mol. The van der Waals surface area contributed by atoms with Crippen molar-refractivity contribution in [1.29, 1.82) is 0 Å². The van der Waals surface area contributed by atoms with Crippen LogP contribution in [0.4, 0.5) is 0 Å². The van der Waals surface area contributed by atoms with E-state index in [1.54, 1.807) is 0 Å². The van der Waals surface area contributed by atoms with Crippen molar-refractivity contribution in [3.8, 4) is 0 Å². The molecule has 2 aliphatic rings. The second kappa shape index (κ2) is 2.92. The molecule has 2 nitrogen and oxygen atoms in total. The summed E-state index contributed by atoms with van der Waals surface area (Å²) in [6.45, 7) is 0.814. The number of nitrogens with two attached hydrogens (primary N) is 1. The first-order chi connectivity index (χ1) is 4.77. The maximum atomic E-state index is 9.39. The Morgan fingerprint density at radius 3 is 2.36 bits per heavy atom. The van der Waals surface area contributed by atoms with Gasteiger partial charge in [0.15, 0.2) is 0 Å². The fraction of sp³-hybridized carbons (Fsp3) is 1.00. The van der Waals surface area contributed by atoms with Crippen LogP contribution in [0.3, 0.4) is 0 Å². The summed E-state index contributed by atoms with van der Waals surface area (Å²) in [5, 5.41) is 9.39. The zero-order valence-corrected chi connectivity index (χ0v) is 7.44. The fourth-order valence-corrected chi connectivity index (χ4v) is 2.41. The molecule has 0 aromatic carbocycles. The standard InChI is InChI=1S/C8H15NO.ClH/c9-5-6-3-8(4-6)2-1-7(8)10;/h6-7,10H,1-5,9H2;1H. The quantitative estimate of drug-likeness (QED) is 0.626. The van der Waals surface area contributed by atoms with E-state index in [-0.39, 0.29) is 18.5 Å². The molecule has 0 saturated heterocycles. The van der Waals surface area contributed by atoms with Gasteiger partial charge in [0, 0.05) is 0 Å². The number of hydrogen-bond donors (Lipinski definition) is 2. The van der Waals surface area contributed by atoms with Crippen molar-refractivity contribution in [2.75, 3.05) is 6.54 Å². The Hall–Kier alpha value is 0.210. The molecule has 0 bridgehead atoms. The van der Waals surface area contributed by atoms with Crippen LogP contribution in [-0.2, 0) is 0 Å². The lowest BCUT2D eigenvalue weighted by Gasteiger charge is -2.57. The van der Waals surface area contributed by atoms with E-state index in [9.17, 15) is 5.11 Å². The second-order valence-electron chi connectivity index (χ2n) is 3.93. The molecule has 0 aromatic rings. The molecule has 2 rings (SSSR count). The Balaban J connectivity index is 0.000000605. The van der Waals surface area contributed by atoms with Crippen molar-refractivity contribution in [1.82, 2.24) is 0 Å². The lowest BCUT2D eigenvalue weighted by molar-refractivity contribution is -0.141. The van der Waals surface area contributed by atoms with Crippen molar-refractivity contribution in [3.63, 3.8) is 0 Å². The maximum absolute atomic E-state index is 9.39. The first-order valence-electron chi connectivity index (χ1n) is 4.15. The van der Waals surface area contributed by atoms with Crippen LogP contribution in [-0.4, -0.2) is 17.8 Å². The van der Waals surface area contributed by atoms with Gasteiger partial charge in [-0.25, -0.2) is 0 Å². The predicted molar refractivity (Wildman–Crippen MR) is 46.7 cm³/mol. The molecule has 0 amide bonds. The molecule has 0 heterocycles. The Labute approximate surface area is 73.6 Å². The smallest absolute Gasteiger partial charge is 0.0596 e. The van der Waals surface area contributed by atoms with Gasteiger partial charge >= 0.3 is 0 Å². The van der Waals surface area contributed by atoms with Crippen LogP contribution >= 0.6 is 12.4 Å². The monoisotopic (exact) mass is 177 g/mol. The molecule has 1 spiro atoms. The van der Waals surface area contributed by atoms with Crippen molar-refractivity contribution in [3.05, 3.63) is 0 Å². The van der Waals surface area contributed by atoms with Gasteiger partial charge in [-0.15, -0.1) is 12.4 Å². The van der Waals surface area contributed by atoms with Gasteiger partial charge in [0.2, 0.25) is 0 Å². The van der Waals surface area contributed by atoms with Crippen LogP contribution in [0.2, 0.25) is 0 Å². The highest BCUT2D eigenvalue weighted by Crippen LogP contribution is 2.58. The van der Waals surface area contributed by atoms with E-state index in [1.807, 2.05) is 0 Å². The highest BCUT2D eigenvalue weighted by atomic mass is 35.5. The summed E-state index contributed by atoms with van der Waals surface area (Å²) < 4.78 is 0. The molecule has 2 fully saturated rings. The van der Waals surface area contributed by atoms with Crippen LogP contribution in [0.15, 0.2) is 0 Å². The van der Waals surface area contributed by atoms with Crippen LogP contribution < -0.4 is 5.73 Å². The Morgan fingerprint density at radius 2 is 2.09 bits per heavy atom. The minimum Gasteiger partial charge on any atom is -0.393 e. The molecule has 0 aromatic heterocycles. The van der Waals surface area contributed by atoms with Crippen LogP contribution in [0.1, 0.15) is 25.7 Å². The summed E-state index contributed by atoms with van der Waals surface area (Å²) in [5.74, 6) is 0.718. The average Bonchev–Trinajstić information content (AvgIpc) is 1.83. The lowest BCUT2D eigenvalue weighted by atomic mass is 9.50. The first-order valence-corrected chi connectivity index (χ1v) is 4.15. The number of hydrogen-bond acceptors (Lipinski definition) is 2. The molecule has 3 N–H and O–H groups in total. The molecular weight excluding hydrogens is 162 g/mol. The van der Waals surface area contributed by atoms with Gasteiger partial charge in [-0.3, -0.25) is 0 Å². The zero-order chi connectivity index (χ0) is 7.19. The Morgan fingerprint density at radius 1 is 1.45 bits per heavy atom. The highest BCUT2D eigenvalue weighted by molar-refractivity contribution is 5.85. The molecule has 3 heteroatoms. The van der Waals surface area contributed by atoms with E-state index in [0.717, 1.165) is 18.9 Å². The third kappa shape index (κ3) is 1.17. The summed E-state index contributed by atoms with van der Waals surface area (Å²) in [4.78, 5) is 0. The van der Waals surface area contributed by atoms with Crippen LogP contribution in [0.5, 0.6) is 0 Å². The minimum absolute atomic E-state index is 0. The summed E-state index contributed by atoms with van der Waals surface area (Å²) in [6, 6.07) is 0. The van der Waals surface area contributed by atoms with Crippen molar-refractivity contribution in [2.24, 2.45) is 17.1 Å². The molecule has 2 aliphatic carbocycles. The van der Waals surface area contributed by atoms with E-state index in [1.165, 1.54) is 19.3 Å². The maximum Gasteiger partial charge on any atom is 0.0596 e. The number of rotatable bonds is 1. The van der Waals surface area contributed by atoms with Gasteiger partial charge in [-0.05, 0) is 43.6 Å². The summed E-state index contributed by atoms with van der Waals surface area (Å²) >= 11 is 0. The normalized spacial score (nSPS) is 47.5. The number of halogens is 1. The second-order valence-corrected chi connectivity index (χ2v) is 3.93. The lowest BCUT2D eigenvalue weighted by Crippen LogP contribution is -2.55. The highest BCUT2D eigenvalue weighted by Gasteiger charge is 2.53. The minimum atomic E-state index is 0. The fourth-order valence-electron chi connectivity index (χ4n) is 2.41. The van der Waals surface area contributed by atoms with Gasteiger partial charge in [0.05, 0.1) is 6.10 Å². The Bertz CT molecular complexity index is 145. The predicted octanol–water partition coefficient (Wildman–Crippen LogP) is 0.918. The SMILES string of the molecule is Cl.NCC1CC2(CCC2O)C1. The van der Waals surface area contributed by atoms with E-state index in [2.05, 4.69) is 0 Å². The largest absolute Gasteiger partial charge is 0.393 e. The zero-order valence-electron chi connectivity index (χ0n) is 6.62. The third-order valence-electron chi connectivity index (χ3n) is 3.35. The third-order valence-corrected chi connectivity index (χ3v) is 3.35. The molecule has 0 radical (unpaired) electrons. The number of aliphatic hydroxyl groups excluding tert-OH is 1. The number of aliphatic hydroxyl groups is 1. The van der Waals surface area contributed by atoms with Gasteiger partial charge in [0.1, 0.15) is 0 Å². The van der Waals surface area contributed by atoms with Crippen molar-refractivity contribution in [2.45, 2.75) is 31.8 Å². The van der Waals surface area contributed by atoms with Crippen molar-refractivity contribution < 1.29 is 5.11 Å². The molecule has 11 heavy (non-hydrogen) atoms. The van der Waals surface area contributed by atoms with Gasteiger partial charge in [-0.1, -0.05) is 0 Å². The molecule has 1 unspecified atom stereocenters. The van der Waals surface area contributed by atoms with Gasteiger partial charge in [-0.2, -0.15) is 0 Å². The molecule has 2 saturated carbocycles. The van der Waals surface area contributed by atoms with E-state index in [4.69, 9.17) is 5.73 Å². The van der Waals surface area contributed by atoms with Crippen LogP contribution in [0.25, 0.3) is 0 Å². The first kappa shape index (κ1) is 9.30. The summed E-state index contributed by atoms with van der Waals surface area (Å²) in [5.41, 5.74) is 5.85.